The van der Waals surface area contributed by atoms with Crippen LogP contribution in [0.5, 0.6) is 0 Å². The standard InChI is InChI=1S/C15H24BrNO3Si/c1-15(2,3)21(5,6)20-10-11-7-8-13(12(16)9-11)17-14(18)19-4/h7-9H,10H2,1-6H3,(H,17,18). The molecule has 1 N–H and O–H groups in total. The maximum absolute atomic E-state index is 11.2. The lowest BCUT2D eigenvalue weighted by atomic mass is 10.2. The fourth-order valence-corrected chi connectivity index (χ4v) is 2.88. The van der Waals surface area contributed by atoms with Crippen LogP contribution in [-0.4, -0.2) is 21.5 Å². The van der Waals surface area contributed by atoms with Crippen molar-refractivity contribution in [3.05, 3.63) is 28.2 Å². The summed E-state index contributed by atoms with van der Waals surface area (Å²) in [5.41, 5.74) is 1.75. The summed E-state index contributed by atoms with van der Waals surface area (Å²) in [7, 11) is -0.418. The van der Waals surface area contributed by atoms with E-state index in [1.807, 2.05) is 18.2 Å². The Morgan fingerprint density at radius 3 is 2.43 bits per heavy atom. The molecule has 0 fully saturated rings. The number of benzene rings is 1. The Bertz CT molecular complexity index is 512. The van der Waals surface area contributed by atoms with E-state index in [-0.39, 0.29) is 5.04 Å². The van der Waals surface area contributed by atoms with Crippen molar-refractivity contribution in [3.8, 4) is 0 Å². The van der Waals surface area contributed by atoms with Gasteiger partial charge < -0.3 is 9.16 Å². The van der Waals surface area contributed by atoms with E-state index < -0.39 is 14.4 Å². The van der Waals surface area contributed by atoms with Crippen LogP contribution in [0.25, 0.3) is 0 Å². The van der Waals surface area contributed by atoms with Gasteiger partial charge >= 0.3 is 6.09 Å². The van der Waals surface area contributed by atoms with Gasteiger partial charge in [-0.3, -0.25) is 5.32 Å². The maximum Gasteiger partial charge on any atom is 0.411 e. The monoisotopic (exact) mass is 373 g/mol. The largest absolute Gasteiger partial charge is 0.453 e. The SMILES string of the molecule is COC(=O)Nc1ccc(CO[Si](C)(C)C(C)(C)C)cc1Br. The molecule has 0 aliphatic rings. The predicted molar refractivity (Wildman–Crippen MR) is 92.2 cm³/mol. The van der Waals surface area contributed by atoms with E-state index in [0.717, 1.165) is 10.0 Å². The van der Waals surface area contributed by atoms with Crippen molar-refractivity contribution >= 4 is 36.0 Å². The first-order valence-electron chi connectivity index (χ1n) is 6.84. The zero-order valence-electron chi connectivity index (χ0n) is 13.5. The number of carbonyl (C=O) groups excluding carboxylic acids is 1. The average molecular weight is 374 g/mol. The minimum absolute atomic E-state index is 0.191. The van der Waals surface area contributed by atoms with Crippen LogP contribution in [0.15, 0.2) is 22.7 Å². The van der Waals surface area contributed by atoms with Crippen LogP contribution >= 0.6 is 15.9 Å². The normalized spacial score (nSPS) is 12.1. The number of nitrogens with one attached hydrogen (secondary N) is 1. The van der Waals surface area contributed by atoms with Crippen LogP contribution in [0, 0.1) is 0 Å². The number of halogens is 1. The van der Waals surface area contributed by atoms with E-state index in [2.05, 4.69) is 59.8 Å². The summed E-state index contributed by atoms with van der Waals surface area (Å²) >= 11 is 3.45. The van der Waals surface area contributed by atoms with Crippen LogP contribution in [0.1, 0.15) is 26.3 Å². The minimum Gasteiger partial charge on any atom is -0.453 e. The Morgan fingerprint density at radius 2 is 1.95 bits per heavy atom. The molecule has 4 nitrogen and oxygen atoms in total. The van der Waals surface area contributed by atoms with Gasteiger partial charge in [-0.15, -0.1) is 0 Å². The van der Waals surface area contributed by atoms with Gasteiger partial charge in [0.15, 0.2) is 8.32 Å². The van der Waals surface area contributed by atoms with Crippen molar-refractivity contribution in [2.24, 2.45) is 0 Å². The van der Waals surface area contributed by atoms with Crippen molar-refractivity contribution in [3.63, 3.8) is 0 Å². The molecule has 0 aliphatic heterocycles. The molecule has 118 valence electrons. The summed E-state index contributed by atoms with van der Waals surface area (Å²) in [6.45, 7) is 11.7. The highest BCUT2D eigenvalue weighted by molar-refractivity contribution is 9.10. The molecule has 0 radical (unpaired) electrons. The van der Waals surface area contributed by atoms with E-state index in [4.69, 9.17) is 4.43 Å². The number of anilines is 1. The first kappa shape index (κ1) is 18.2. The van der Waals surface area contributed by atoms with Crippen molar-refractivity contribution in [2.45, 2.75) is 45.5 Å². The average Bonchev–Trinajstić information content (AvgIpc) is 2.37. The molecule has 0 atom stereocenters. The van der Waals surface area contributed by atoms with E-state index in [1.54, 1.807) is 0 Å². The van der Waals surface area contributed by atoms with E-state index in [1.165, 1.54) is 7.11 Å². The van der Waals surface area contributed by atoms with Crippen molar-refractivity contribution in [1.29, 1.82) is 0 Å². The van der Waals surface area contributed by atoms with E-state index in [9.17, 15) is 4.79 Å². The zero-order chi connectivity index (χ0) is 16.3. The summed E-state index contributed by atoms with van der Waals surface area (Å²) in [5, 5.41) is 2.83. The maximum atomic E-state index is 11.2. The molecule has 1 aromatic rings. The summed E-state index contributed by atoms with van der Waals surface area (Å²) in [5.74, 6) is 0. The molecule has 1 aromatic carbocycles. The van der Waals surface area contributed by atoms with Gasteiger partial charge in [-0.25, -0.2) is 4.79 Å². The van der Waals surface area contributed by atoms with Crippen LogP contribution in [0.4, 0.5) is 10.5 Å². The topological polar surface area (TPSA) is 47.6 Å². The van der Waals surface area contributed by atoms with Crippen LogP contribution < -0.4 is 5.32 Å². The number of rotatable bonds is 4. The number of hydrogen-bond donors (Lipinski definition) is 1. The van der Waals surface area contributed by atoms with Gasteiger partial charge in [-0.1, -0.05) is 26.8 Å². The van der Waals surface area contributed by atoms with Gasteiger partial charge in [-0.2, -0.15) is 0 Å². The third-order valence-corrected chi connectivity index (χ3v) is 9.00. The second-order valence-corrected chi connectivity index (χ2v) is 12.1. The second-order valence-electron chi connectivity index (χ2n) is 6.48. The van der Waals surface area contributed by atoms with Crippen molar-refractivity contribution in [1.82, 2.24) is 0 Å². The molecule has 0 unspecified atom stereocenters. The summed E-state index contributed by atoms with van der Waals surface area (Å²) in [6, 6.07) is 5.74. The van der Waals surface area contributed by atoms with Gasteiger partial charge in [-0.05, 0) is 51.8 Å². The molecular weight excluding hydrogens is 350 g/mol. The van der Waals surface area contributed by atoms with Crippen molar-refractivity contribution in [2.75, 3.05) is 12.4 Å². The number of ether oxygens (including phenoxy) is 1. The summed E-state index contributed by atoms with van der Waals surface area (Å²) in [6.07, 6.45) is -0.485. The zero-order valence-corrected chi connectivity index (χ0v) is 16.1. The molecule has 0 saturated heterocycles. The lowest BCUT2D eigenvalue weighted by molar-refractivity contribution is 0.187. The quantitative estimate of drug-likeness (QED) is 0.742. The van der Waals surface area contributed by atoms with Crippen LogP contribution in [0.2, 0.25) is 18.1 Å². The smallest absolute Gasteiger partial charge is 0.411 e. The molecule has 0 aliphatic carbocycles. The fourth-order valence-electron chi connectivity index (χ4n) is 1.39. The van der Waals surface area contributed by atoms with Crippen molar-refractivity contribution < 1.29 is 14.0 Å². The predicted octanol–water partition coefficient (Wildman–Crippen LogP) is 5.15. The summed E-state index contributed by atoms with van der Waals surface area (Å²) < 4.78 is 11.6. The van der Waals surface area contributed by atoms with Crippen LogP contribution in [0.3, 0.4) is 0 Å². The Hall–Kier alpha value is -0.853. The van der Waals surface area contributed by atoms with Gasteiger partial charge in [0.25, 0.3) is 0 Å². The van der Waals surface area contributed by atoms with Gasteiger partial charge in [0.2, 0.25) is 0 Å². The first-order chi connectivity index (χ1) is 9.56. The molecule has 6 heteroatoms. The molecule has 1 rings (SSSR count). The molecule has 0 bridgehead atoms. The lowest BCUT2D eigenvalue weighted by Gasteiger charge is -2.36. The van der Waals surface area contributed by atoms with E-state index >= 15 is 0 Å². The molecule has 0 aromatic heterocycles. The van der Waals surface area contributed by atoms with Gasteiger partial charge in [0, 0.05) is 4.47 Å². The lowest BCUT2D eigenvalue weighted by Crippen LogP contribution is -2.40. The van der Waals surface area contributed by atoms with Gasteiger partial charge in [0.05, 0.1) is 19.4 Å². The molecule has 0 spiro atoms. The molecule has 1 amide bonds. The second kappa shape index (κ2) is 6.94. The number of amides is 1. The number of methoxy groups -OCH3 is 1. The minimum atomic E-state index is -1.76. The molecule has 0 saturated carbocycles. The molecule has 21 heavy (non-hydrogen) atoms. The third kappa shape index (κ3) is 5.12. The highest BCUT2D eigenvalue weighted by atomic mass is 79.9. The first-order valence-corrected chi connectivity index (χ1v) is 10.5. The molecular formula is C15H24BrNO3Si. The Morgan fingerprint density at radius 1 is 1.33 bits per heavy atom. The Labute approximate surface area is 136 Å². The number of carbonyl (C=O) groups is 1. The Kier molecular flexibility index (Phi) is 6.01. The van der Waals surface area contributed by atoms with Crippen LogP contribution in [-0.2, 0) is 15.8 Å². The van der Waals surface area contributed by atoms with Gasteiger partial charge in [0.1, 0.15) is 0 Å². The fraction of sp³-hybridized carbons (Fsp3) is 0.533. The highest BCUT2D eigenvalue weighted by Gasteiger charge is 2.37. The number of hydrogen-bond acceptors (Lipinski definition) is 3. The third-order valence-electron chi connectivity index (χ3n) is 3.86. The van der Waals surface area contributed by atoms with E-state index in [0.29, 0.717) is 12.3 Å². The summed E-state index contributed by atoms with van der Waals surface area (Å²) in [4.78, 5) is 11.2. The molecule has 0 heterocycles. The Balaban J connectivity index is 2.75. The highest BCUT2D eigenvalue weighted by Crippen LogP contribution is 2.37.